The van der Waals surface area contributed by atoms with Gasteiger partial charge in [-0.15, -0.1) is 0 Å². The summed E-state index contributed by atoms with van der Waals surface area (Å²) < 4.78 is 6.26. The van der Waals surface area contributed by atoms with E-state index in [0.29, 0.717) is 12.1 Å². The van der Waals surface area contributed by atoms with Gasteiger partial charge in [-0.05, 0) is 25.5 Å². The van der Waals surface area contributed by atoms with Gasteiger partial charge in [-0.2, -0.15) is 5.10 Å². The molecule has 1 unspecified atom stereocenters. The topological polar surface area (TPSA) is 81.4 Å². The lowest BCUT2D eigenvalue weighted by atomic mass is 10.1. The van der Waals surface area contributed by atoms with Gasteiger partial charge < -0.3 is 9.84 Å². The van der Waals surface area contributed by atoms with E-state index in [2.05, 4.69) is 5.10 Å². The Morgan fingerprint density at radius 2 is 2.00 bits per heavy atom. The number of aromatic nitrogens is 2. The number of aliphatic carboxylic acids is 1. The summed E-state index contributed by atoms with van der Waals surface area (Å²) in [5.74, 6) is -1.54. The molecule has 0 radical (unpaired) electrons. The van der Waals surface area contributed by atoms with Crippen molar-refractivity contribution in [2.75, 3.05) is 6.61 Å². The Morgan fingerprint density at radius 1 is 1.32 bits per heavy atom. The van der Waals surface area contributed by atoms with Gasteiger partial charge in [-0.1, -0.05) is 30.3 Å². The minimum absolute atomic E-state index is 0.124. The molecule has 116 valence electrons. The number of carboxylic acid groups (broad SMARTS) is 1. The third kappa shape index (κ3) is 3.52. The molecule has 1 aromatic heterocycles. The number of hydrogen-bond acceptors (Lipinski definition) is 4. The predicted molar refractivity (Wildman–Crippen MR) is 79.7 cm³/mol. The normalized spacial score (nSPS) is 11.9. The first kappa shape index (κ1) is 15.8. The number of benzene rings is 1. The molecule has 0 aliphatic carbocycles. The van der Waals surface area contributed by atoms with Crippen LogP contribution in [-0.2, 0) is 16.0 Å². The zero-order chi connectivity index (χ0) is 16.1. The Kier molecular flexibility index (Phi) is 4.93. The van der Waals surface area contributed by atoms with Crippen LogP contribution in [0.4, 0.5) is 0 Å². The minimum atomic E-state index is -0.995. The summed E-state index contributed by atoms with van der Waals surface area (Å²) in [5.41, 5.74) is 1.62. The minimum Gasteiger partial charge on any atom is -0.480 e. The highest BCUT2D eigenvalue weighted by molar-refractivity contribution is 5.87. The molecule has 0 fully saturated rings. The van der Waals surface area contributed by atoms with Crippen molar-refractivity contribution in [1.29, 1.82) is 0 Å². The van der Waals surface area contributed by atoms with Crippen molar-refractivity contribution < 1.29 is 19.4 Å². The van der Waals surface area contributed by atoms with Crippen LogP contribution in [0.1, 0.15) is 34.7 Å². The molecule has 1 heterocycles. The summed E-state index contributed by atoms with van der Waals surface area (Å²) in [6, 6.07) is 9.98. The van der Waals surface area contributed by atoms with Gasteiger partial charge in [0.2, 0.25) is 0 Å². The number of aryl methyl sites for hydroxylation is 1. The van der Waals surface area contributed by atoms with Gasteiger partial charge in [0.1, 0.15) is 0 Å². The lowest BCUT2D eigenvalue weighted by Crippen LogP contribution is -2.24. The quantitative estimate of drug-likeness (QED) is 0.828. The van der Waals surface area contributed by atoms with Crippen molar-refractivity contribution in [3.8, 4) is 0 Å². The number of hydrogen-bond donors (Lipinski definition) is 1. The summed E-state index contributed by atoms with van der Waals surface area (Å²) in [4.78, 5) is 23.3. The first-order valence-corrected chi connectivity index (χ1v) is 7.03. The second kappa shape index (κ2) is 6.89. The van der Waals surface area contributed by atoms with E-state index in [1.165, 1.54) is 4.68 Å². The van der Waals surface area contributed by atoms with Gasteiger partial charge in [0, 0.05) is 12.1 Å². The maximum absolute atomic E-state index is 11.7. The molecule has 0 bridgehead atoms. The second-order valence-electron chi connectivity index (χ2n) is 4.88. The maximum atomic E-state index is 11.7. The summed E-state index contributed by atoms with van der Waals surface area (Å²) in [6.07, 6.45) is 0.293. The third-order valence-electron chi connectivity index (χ3n) is 3.26. The largest absolute Gasteiger partial charge is 0.480 e. The van der Waals surface area contributed by atoms with Crippen LogP contribution >= 0.6 is 0 Å². The SMILES string of the molecule is CCOC(=O)c1cc(C)n(C(Cc2ccccc2)C(=O)O)n1. The van der Waals surface area contributed by atoms with E-state index < -0.39 is 18.0 Å². The number of carbonyl (C=O) groups is 2. The Bertz CT molecular complexity index is 664. The fourth-order valence-corrected chi connectivity index (χ4v) is 2.22. The van der Waals surface area contributed by atoms with Crippen LogP contribution in [0.25, 0.3) is 0 Å². The number of rotatable bonds is 6. The van der Waals surface area contributed by atoms with Gasteiger partial charge >= 0.3 is 11.9 Å². The molecule has 6 nitrogen and oxygen atoms in total. The molecule has 0 aliphatic rings. The Labute approximate surface area is 128 Å². The lowest BCUT2D eigenvalue weighted by molar-refractivity contribution is -0.141. The van der Waals surface area contributed by atoms with E-state index in [1.54, 1.807) is 19.9 Å². The molecule has 1 aromatic carbocycles. The van der Waals surface area contributed by atoms with Crippen LogP contribution < -0.4 is 0 Å². The van der Waals surface area contributed by atoms with E-state index in [-0.39, 0.29) is 12.3 Å². The van der Waals surface area contributed by atoms with Crippen LogP contribution in [0, 0.1) is 6.92 Å². The van der Waals surface area contributed by atoms with Crippen LogP contribution in [0.2, 0.25) is 0 Å². The van der Waals surface area contributed by atoms with E-state index in [4.69, 9.17) is 4.74 Å². The highest BCUT2D eigenvalue weighted by Crippen LogP contribution is 2.18. The van der Waals surface area contributed by atoms with Crippen molar-refractivity contribution in [2.24, 2.45) is 0 Å². The van der Waals surface area contributed by atoms with Crippen molar-refractivity contribution in [3.63, 3.8) is 0 Å². The van der Waals surface area contributed by atoms with Crippen molar-refractivity contribution in [3.05, 3.63) is 53.3 Å². The van der Waals surface area contributed by atoms with E-state index in [1.807, 2.05) is 30.3 Å². The van der Waals surface area contributed by atoms with Gasteiger partial charge in [-0.25, -0.2) is 9.59 Å². The van der Waals surface area contributed by atoms with Crippen molar-refractivity contribution in [2.45, 2.75) is 26.3 Å². The molecule has 6 heteroatoms. The Hall–Kier alpha value is -2.63. The lowest BCUT2D eigenvalue weighted by Gasteiger charge is -2.15. The van der Waals surface area contributed by atoms with E-state index in [0.717, 1.165) is 5.56 Å². The van der Waals surface area contributed by atoms with Gasteiger partial charge in [-0.3, -0.25) is 4.68 Å². The van der Waals surface area contributed by atoms with Crippen molar-refractivity contribution >= 4 is 11.9 Å². The van der Waals surface area contributed by atoms with Crippen LogP contribution in [-0.4, -0.2) is 33.4 Å². The number of carbonyl (C=O) groups excluding carboxylic acids is 1. The van der Waals surface area contributed by atoms with Gasteiger partial charge in [0.05, 0.1) is 6.61 Å². The first-order valence-electron chi connectivity index (χ1n) is 7.03. The molecule has 2 aromatic rings. The molecule has 0 spiro atoms. The average Bonchev–Trinajstić information content (AvgIpc) is 2.88. The number of esters is 1. The van der Waals surface area contributed by atoms with Crippen LogP contribution in [0.5, 0.6) is 0 Å². The summed E-state index contributed by atoms with van der Waals surface area (Å²) >= 11 is 0. The maximum Gasteiger partial charge on any atom is 0.358 e. The molecule has 0 amide bonds. The zero-order valence-corrected chi connectivity index (χ0v) is 12.5. The fourth-order valence-electron chi connectivity index (χ4n) is 2.22. The Balaban J connectivity index is 2.29. The number of nitrogens with zero attached hydrogens (tertiary/aromatic N) is 2. The van der Waals surface area contributed by atoms with Gasteiger partial charge in [0.25, 0.3) is 0 Å². The van der Waals surface area contributed by atoms with Crippen LogP contribution in [0.3, 0.4) is 0 Å². The van der Waals surface area contributed by atoms with Crippen molar-refractivity contribution in [1.82, 2.24) is 9.78 Å². The van der Waals surface area contributed by atoms with E-state index in [9.17, 15) is 14.7 Å². The molecule has 0 aliphatic heterocycles. The monoisotopic (exact) mass is 302 g/mol. The first-order chi connectivity index (χ1) is 10.5. The predicted octanol–water partition coefficient (Wildman–Crippen LogP) is 2.24. The summed E-state index contributed by atoms with van der Waals surface area (Å²) in [7, 11) is 0. The molecule has 1 atom stereocenters. The average molecular weight is 302 g/mol. The molecular weight excluding hydrogens is 284 g/mol. The molecule has 1 N–H and O–H groups in total. The standard InChI is InChI=1S/C16H18N2O4/c1-3-22-16(21)13-9-11(2)18(17-13)14(15(19)20)10-12-7-5-4-6-8-12/h4-9,14H,3,10H2,1-2H3,(H,19,20). The summed E-state index contributed by atoms with van der Waals surface area (Å²) in [5, 5.41) is 13.6. The highest BCUT2D eigenvalue weighted by Gasteiger charge is 2.24. The Morgan fingerprint density at radius 3 is 2.59 bits per heavy atom. The fraction of sp³-hybridized carbons (Fsp3) is 0.312. The third-order valence-corrected chi connectivity index (χ3v) is 3.26. The molecule has 0 saturated heterocycles. The second-order valence-corrected chi connectivity index (χ2v) is 4.88. The van der Waals surface area contributed by atoms with E-state index >= 15 is 0 Å². The number of ether oxygens (including phenoxy) is 1. The van der Waals surface area contributed by atoms with Crippen LogP contribution in [0.15, 0.2) is 36.4 Å². The zero-order valence-electron chi connectivity index (χ0n) is 12.5. The molecule has 22 heavy (non-hydrogen) atoms. The summed E-state index contributed by atoms with van der Waals surface area (Å²) in [6.45, 7) is 3.67. The smallest absolute Gasteiger partial charge is 0.358 e. The number of carboxylic acids is 1. The van der Waals surface area contributed by atoms with Gasteiger partial charge in [0.15, 0.2) is 11.7 Å². The molecule has 2 rings (SSSR count). The molecular formula is C16H18N2O4. The molecule has 0 saturated carbocycles. The highest BCUT2D eigenvalue weighted by atomic mass is 16.5.